The zero-order chi connectivity index (χ0) is 13.8. The Morgan fingerprint density at radius 1 is 1.22 bits per heavy atom. The molecule has 1 aromatic rings. The third-order valence-electron chi connectivity index (χ3n) is 2.37. The molecule has 100 valence electrons. The van der Waals surface area contributed by atoms with E-state index in [2.05, 4.69) is 0 Å². The monoisotopic (exact) mass is 249 g/mol. The number of para-hydroxylation sites is 1. The van der Waals surface area contributed by atoms with Crippen molar-refractivity contribution in [2.24, 2.45) is 5.92 Å². The number of benzene rings is 1. The van der Waals surface area contributed by atoms with Gasteiger partial charge in [-0.3, -0.25) is 0 Å². The van der Waals surface area contributed by atoms with Gasteiger partial charge in [-0.25, -0.2) is 9.86 Å². The lowest BCUT2D eigenvalue weighted by atomic mass is 10.1. The summed E-state index contributed by atoms with van der Waals surface area (Å²) in [5.74, 6) is 0.110. The molecule has 0 heterocycles. The van der Waals surface area contributed by atoms with Crippen LogP contribution in [0.1, 0.15) is 41.0 Å². The minimum Gasteiger partial charge on any atom is -0.340 e. The Morgan fingerprint density at radius 2 is 1.78 bits per heavy atom. The molecule has 0 fully saturated rings. The molecule has 0 aromatic heterocycles. The van der Waals surface area contributed by atoms with Crippen molar-refractivity contribution in [3.63, 3.8) is 0 Å². The quantitative estimate of drug-likeness (QED) is 0.760. The fourth-order valence-electron chi connectivity index (χ4n) is 1.61. The lowest BCUT2D eigenvalue weighted by molar-refractivity contribution is -0.148. The third-order valence-corrected chi connectivity index (χ3v) is 2.37. The molecular weight excluding hydrogens is 226 g/mol. The van der Waals surface area contributed by atoms with Crippen LogP contribution in [0.5, 0.6) is 0 Å². The van der Waals surface area contributed by atoms with Gasteiger partial charge in [-0.05, 0) is 38.8 Å². The summed E-state index contributed by atoms with van der Waals surface area (Å²) in [6.07, 6.45) is 0.430. The largest absolute Gasteiger partial charge is 0.340 e. The van der Waals surface area contributed by atoms with Crippen LogP contribution in [-0.4, -0.2) is 11.5 Å². The fraction of sp³-hybridized carbons (Fsp3) is 0.533. The molecule has 0 atom stereocenters. The average Bonchev–Trinajstić information content (AvgIpc) is 2.24. The number of carbonyl (C=O) groups excluding carboxylic acids is 1. The molecule has 0 aliphatic heterocycles. The van der Waals surface area contributed by atoms with Gasteiger partial charge in [0.15, 0.2) is 0 Å². The van der Waals surface area contributed by atoms with Crippen molar-refractivity contribution in [3.05, 3.63) is 30.3 Å². The van der Waals surface area contributed by atoms with Crippen molar-refractivity contribution < 1.29 is 9.63 Å². The summed E-state index contributed by atoms with van der Waals surface area (Å²) in [7, 11) is 0. The fourth-order valence-corrected chi connectivity index (χ4v) is 1.61. The van der Waals surface area contributed by atoms with Gasteiger partial charge in [0.05, 0.1) is 17.6 Å². The minimum atomic E-state index is -0.270. The number of hydrogen-bond donors (Lipinski definition) is 0. The van der Waals surface area contributed by atoms with Gasteiger partial charge in [0, 0.05) is 0 Å². The summed E-state index contributed by atoms with van der Waals surface area (Å²) in [6, 6.07) is 9.69. The first-order valence-electron chi connectivity index (χ1n) is 6.37. The van der Waals surface area contributed by atoms with E-state index in [0.717, 1.165) is 5.69 Å². The smallest absolute Gasteiger partial charge is 0.332 e. The van der Waals surface area contributed by atoms with Gasteiger partial charge in [0.25, 0.3) is 0 Å². The van der Waals surface area contributed by atoms with Crippen LogP contribution in [0.25, 0.3) is 0 Å². The van der Waals surface area contributed by atoms with Crippen LogP contribution in [0.3, 0.4) is 0 Å². The summed E-state index contributed by atoms with van der Waals surface area (Å²) < 4.78 is 0. The molecule has 0 unspecified atom stereocenters. The third kappa shape index (κ3) is 4.40. The first kappa shape index (κ1) is 14.6. The molecule has 18 heavy (non-hydrogen) atoms. The lowest BCUT2D eigenvalue weighted by Crippen LogP contribution is -2.43. The summed E-state index contributed by atoms with van der Waals surface area (Å²) in [5, 5.41) is 1.68. The first-order valence-corrected chi connectivity index (χ1v) is 6.37. The van der Waals surface area contributed by atoms with Crippen molar-refractivity contribution >= 4 is 11.7 Å². The molecule has 1 rings (SSSR count). The van der Waals surface area contributed by atoms with Gasteiger partial charge < -0.3 is 4.84 Å². The number of rotatable bonds is 4. The van der Waals surface area contributed by atoms with Crippen LogP contribution >= 0.6 is 0 Å². The molecule has 0 saturated heterocycles. The van der Waals surface area contributed by atoms with Crippen LogP contribution in [0.2, 0.25) is 0 Å². The SMILES string of the molecule is CC(C)CC(=O)ON(c1ccccc1)C(C)(C)C. The Hall–Kier alpha value is -1.51. The second kappa shape index (κ2) is 5.89. The maximum absolute atomic E-state index is 11.8. The molecule has 0 aliphatic carbocycles. The van der Waals surface area contributed by atoms with Gasteiger partial charge in [0.1, 0.15) is 0 Å². The summed E-state index contributed by atoms with van der Waals surface area (Å²) >= 11 is 0. The molecular formula is C15H23NO2. The Labute approximate surface area is 110 Å². The van der Waals surface area contributed by atoms with Crippen LogP contribution < -0.4 is 5.06 Å². The van der Waals surface area contributed by atoms with Gasteiger partial charge in [-0.15, -0.1) is 0 Å². The molecule has 0 N–H and O–H groups in total. The first-order chi connectivity index (χ1) is 8.30. The van der Waals surface area contributed by atoms with E-state index < -0.39 is 0 Å². The molecule has 3 nitrogen and oxygen atoms in total. The highest BCUT2D eigenvalue weighted by atomic mass is 16.7. The molecule has 0 spiro atoms. The van der Waals surface area contributed by atoms with Crippen LogP contribution in [0.4, 0.5) is 5.69 Å². The Bertz CT molecular complexity index is 379. The zero-order valence-corrected chi connectivity index (χ0v) is 11.9. The lowest BCUT2D eigenvalue weighted by Gasteiger charge is -2.35. The molecule has 3 heteroatoms. The molecule has 0 aliphatic rings. The topological polar surface area (TPSA) is 29.5 Å². The molecule has 0 saturated carbocycles. The van der Waals surface area contributed by atoms with Crippen molar-refractivity contribution in [2.45, 2.75) is 46.6 Å². The van der Waals surface area contributed by atoms with Crippen LogP contribution in [0.15, 0.2) is 30.3 Å². The maximum atomic E-state index is 11.8. The maximum Gasteiger partial charge on any atom is 0.332 e. The number of carbonyl (C=O) groups is 1. The average molecular weight is 249 g/mol. The summed E-state index contributed by atoms with van der Waals surface area (Å²) in [5.41, 5.74) is 0.621. The van der Waals surface area contributed by atoms with E-state index in [0.29, 0.717) is 12.3 Å². The van der Waals surface area contributed by atoms with Gasteiger partial charge in [-0.2, -0.15) is 0 Å². The number of anilines is 1. The summed E-state index contributed by atoms with van der Waals surface area (Å²) in [6.45, 7) is 10.1. The predicted octanol–water partition coefficient (Wildman–Crippen LogP) is 3.80. The van der Waals surface area contributed by atoms with E-state index in [9.17, 15) is 4.79 Å². The Balaban J connectivity index is 2.85. The molecule has 1 aromatic carbocycles. The van der Waals surface area contributed by atoms with E-state index in [1.54, 1.807) is 5.06 Å². The van der Waals surface area contributed by atoms with E-state index >= 15 is 0 Å². The molecule has 0 radical (unpaired) electrons. The van der Waals surface area contributed by atoms with E-state index in [1.165, 1.54) is 0 Å². The highest BCUT2D eigenvalue weighted by Crippen LogP contribution is 2.24. The predicted molar refractivity (Wildman–Crippen MR) is 74.2 cm³/mol. The van der Waals surface area contributed by atoms with E-state index in [1.807, 2.05) is 65.0 Å². The highest BCUT2D eigenvalue weighted by Gasteiger charge is 2.26. The Morgan fingerprint density at radius 3 is 2.22 bits per heavy atom. The van der Waals surface area contributed by atoms with Crippen LogP contribution in [-0.2, 0) is 9.63 Å². The van der Waals surface area contributed by atoms with Crippen molar-refractivity contribution in [2.75, 3.05) is 5.06 Å². The second-order valence-electron chi connectivity index (χ2n) is 5.86. The van der Waals surface area contributed by atoms with E-state index in [4.69, 9.17) is 4.84 Å². The second-order valence-corrected chi connectivity index (χ2v) is 5.86. The van der Waals surface area contributed by atoms with Crippen molar-refractivity contribution in [1.82, 2.24) is 0 Å². The van der Waals surface area contributed by atoms with Gasteiger partial charge in [-0.1, -0.05) is 32.0 Å². The number of hydrogen-bond acceptors (Lipinski definition) is 3. The summed E-state index contributed by atoms with van der Waals surface area (Å²) in [4.78, 5) is 17.3. The highest BCUT2D eigenvalue weighted by molar-refractivity contribution is 5.71. The standard InChI is InChI=1S/C15H23NO2/c1-12(2)11-14(17)18-16(15(3,4)5)13-9-7-6-8-10-13/h6-10,12H,11H2,1-5H3. The normalized spacial score (nSPS) is 11.4. The number of hydroxylamine groups is 1. The minimum absolute atomic E-state index is 0.191. The number of nitrogens with zero attached hydrogens (tertiary/aromatic N) is 1. The Kier molecular flexibility index (Phi) is 4.76. The van der Waals surface area contributed by atoms with E-state index in [-0.39, 0.29) is 11.5 Å². The molecule has 0 bridgehead atoms. The van der Waals surface area contributed by atoms with Gasteiger partial charge in [0.2, 0.25) is 0 Å². The van der Waals surface area contributed by atoms with Gasteiger partial charge >= 0.3 is 5.97 Å². The van der Waals surface area contributed by atoms with Crippen LogP contribution in [0, 0.1) is 5.92 Å². The molecule has 0 amide bonds. The van der Waals surface area contributed by atoms with Crippen molar-refractivity contribution in [1.29, 1.82) is 0 Å². The zero-order valence-electron chi connectivity index (χ0n) is 11.9. The van der Waals surface area contributed by atoms with Crippen molar-refractivity contribution in [3.8, 4) is 0 Å².